The van der Waals surface area contributed by atoms with Crippen LogP contribution in [0.25, 0.3) is 0 Å². The minimum Gasteiger partial charge on any atom is -0.497 e. The Labute approximate surface area is 207 Å². The molecule has 2 aromatic carbocycles. The van der Waals surface area contributed by atoms with Crippen molar-refractivity contribution in [2.75, 3.05) is 26.9 Å². The molecule has 1 amide bonds. The molecule has 8 heteroatoms. The van der Waals surface area contributed by atoms with Gasteiger partial charge in [-0.2, -0.15) is 0 Å². The topological polar surface area (TPSA) is 101 Å². The Morgan fingerprint density at radius 1 is 1.23 bits per heavy atom. The first-order valence-corrected chi connectivity index (χ1v) is 12.0. The van der Waals surface area contributed by atoms with E-state index in [1.54, 1.807) is 13.2 Å². The third kappa shape index (κ3) is 6.41. The minimum absolute atomic E-state index is 0.0785. The van der Waals surface area contributed by atoms with Gasteiger partial charge in [-0.05, 0) is 48.4 Å². The lowest BCUT2D eigenvalue weighted by Gasteiger charge is -2.29. The van der Waals surface area contributed by atoms with Crippen LogP contribution in [0.1, 0.15) is 49.8 Å². The first kappa shape index (κ1) is 26.2. The summed E-state index contributed by atoms with van der Waals surface area (Å²) in [5, 5.41) is 8.94. The number of nitrogens with zero attached hydrogens (tertiary/aromatic N) is 1. The van der Waals surface area contributed by atoms with Crippen molar-refractivity contribution >= 4 is 11.8 Å². The third-order valence-corrected chi connectivity index (χ3v) is 5.74. The Balaban J connectivity index is 1.95. The summed E-state index contributed by atoms with van der Waals surface area (Å²) in [4.78, 5) is 18.4. The highest BCUT2D eigenvalue weighted by atomic mass is 16.5. The van der Waals surface area contributed by atoms with E-state index in [4.69, 9.17) is 24.3 Å². The van der Waals surface area contributed by atoms with E-state index in [2.05, 4.69) is 24.4 Å². The Hall–Kier alpha value is -3.36. The number of benzene rings is 2. The first-order valence-electron chi connectivity index (χ1n) is 12.0. The normalized spacial score (nSPS) is 18.9. The van der Waals surface area contributed by atoms with Crippen LogP contribution in [-0.2, 0) is 9.53 Å². The summed E-state index contributed by atoms with van der Waals surface area (Å²) >= 11 is 0. The third-order valence-electron chi connectivity index (χ3n) is 5.74. The summed E-state index contributed by atoms with van der Waals surface area (Å²) in [7, 11) is 1.60. The van der Waals surface area contributed by atoms with Crippen LogP contribution in [0.5, 0.6) is 11.5 Å². The van der Waals surface area contributed by atoms with E-state index in [1.165, 1.54) is 0 Å². The van der Waals surface area contributed by atoms with Gasteiger partial charge in [0.2, 0.25) is 5.90 Å². The van der Waals surface area contributed by atoms with Crippen molar-refractivity contribution in [2.24, 2.45) is 4.99 Å². The van der Waals surface area contributed by atoms with Crippen molar-refractivity contribution in [2.45, 2.75) is 44.2 Å². The molecule has 1 heterocycles. The van der Waals surface area contributed by atoms with E-state index in [1.807, 2.05) is 48.5 Å². The fourth-order valence-corrected chi connectivity index (χ4v) is 3.86. The summed E-state index contributed by atoms with van der Waals surface area (Å²) in [6.07, 6.45) is 3.79. The summed E-state index contributed by atoms with van der Waals surface area (Å²) in [5.41, 5.74) is 6.09. The monoisotopic (exact) mass is 481 g/mol. The van der Waals surface area contributed by atoms with Gasteiger partial charge in [-0.15, -0.1) is 6.58 Å². The van der Waals surface area contributed by atoms with Crippen molar-refractivity contribution in [3.8, 4) is 11.5 Å². The summed E-state index contributed by atoms with van der Waals surface area (Å²) < 4.78 is 17.4. The van der Waals surface area contributed by atoms with Gasteiger partial charge in [-0.25, -0.2) is 10.4 Å². The Morgan fingerprint density at radius 3 is 2.71 bits per heavy atom. The van der Waals surface area contributed by atoms with Gasteiger partial charge in [0.15, 0.2) is 11.6 Å². The molecular weight excluding hydrogens is 446 g/mol. The number of hydrazine groups is 1. The number of aliphatic hydroxyl groups is 1. The number of nitrogens with one attached hydrogen (secondary N) is 2. The van der Waals surface area contributed by atoms with Crippen LogP contribution < -0.4 is 20.3 Å². The molecule has 1 aliphatic rings. The number of hydrogen-bond acceptors (Lipinski definition) is 7. The highest BCUT2D eigenvalue weighted by molar-refractivity contribution is 6.01. The van der Waals surface area contributed by atoms with E-state index in [9.17, 15) is 4.79 Å². The number of rotatable bonds is 14. The predicted molar refractivity (Wildman–Crippen MR) is 136 cm³/mol. The highest BCUT2D eigenvalue weighted by Crippen LogP contribution is 2.43. The number of carbonyl (C=O) groups is 1. The molecule has 0 spiro atoms. The van der Waals surface area contributed by atoms with E-state index in [0.29, 0.717) is 37.0 Å². The van der Waals surface area contributed by atoms with Crippen LogP contribution >= 0.6 is 0 Å². The Kier molecular flexibility index (Phi) is 9.69. The Bertz CT molecular complexity index is 1010. The molecule has 188 valence electrons. The Morgan fingerprint density at radius 2 is 2.03 bits per heavy atom. The molecule has 0 radical (unpaired) electrons. The number of methoxy groups -OCH3 is 1. The molecule has 2 atom stereocenters. The molecule has 0 bridgehead atoms. The lowest BCUT2D eigenvalue weighted by Crippen LogP contribution is -2.52. The van der Waals surface area contributed by atoms with Gasteiger partial charge in [-0.3, -0.25) is 10.2 Å². The molecule has 3 N–H and O–H groups in total. The number of unbranched alkanes of at least 4 members (excludes halogenated alkanes) is 1. The lowest BCUT2D eigenvalue weighted by molar-refractivity contribution is -0.129. The van der Waals surface area contributed by atoms with Crippen molar-refractivity contribution < 1.29 is 24.1 Å². The van der Waals surface area contributed by atoms with Gasteiger partial charge in [0, 0.05) is 31.6 Å². The van der Waals surface area contributed by atoms with E-state index in [-0.39, 0.29) is 18.9 Å². The zero-order valence-electron chi connectivity index (χ0n) is 20.5. The van der Waals surface area contributed by atoms with Crippen LogP contribution in [0.3, 0.4) is 0 Å². The van der Waals surface area contributed by atoms with Crippen LogP contribution in [0.15, 0.2) is 66.2 Å². The second-order valence-electron chi connectivity index (χ2n) is 8.29. The number of hydrogen-bond donors (Lipinski definition) is 3. The van der Waals surface area contributed by atoms with Crippen molar-refractivity contribution in [1.82, 2.24) is 10.9 Å². The number of ether oxygens (including phenoxy) is 3. The predicted octanol–water partition coefficient (Wildman–Crippen LogP) is 3.71. The van der Waals surface area contributed by atoms with Gasteiger partial charge in [0.05, 0.1) is 13.7 Å². The fraction of sp³-hybridized carbons (Fsp3) is 0.407. The standard InChI is InChI=1S/C27H35N3O5/c1-4-6-16-28-30-26(32)27(15-5-2)24(21-9-7-10-23(19-21)33-3)35-25(29-27)20-11-13-22(14-12-20)34-18-8-17-31/h5,7,9-14,19,24,28,31H,2,4,6,8,15-18H2,1,3H3,(H,30,32)/t24-,27-/m0/s1. The van der Waals surface area contributed by atoms with Gasteiger partial charge in [0.25, 0.3) is 5.91 Å². The summed E-state index contributed by atoms with van der Waals surface area (Å²) in [5.74, 6) is 1.42. The SMILES string of the molecule is C=CC[C@]1(C(=O)NNCCCC)N=C(c2ccc(OCCCO)cc2)O[C@H]1c1cccc(OC)c1. The zero-order chi connectivity index (χ0) is 25.1. The quantitative estimate of drug-likeness (QED) is 0.216. The maximum Gasteiger partial charge on any atom is 0.266 e. The van der Waals surface area contributed by atoms with Crippen LogP contribution in [0.4, 0.5) is 0 Å². The average Bonchev–Trinajstić information content (AvgIpc) is 3.28. The first-order chi connectivity index (χ1) is 17.1. The zero-order valence-corrected chi connectivity index (χ0v) is 20.5. The van der Waals surface area contributed by atoms with E-state index >= 15 is 0 Å². The largest absolute Gasteiger partial charge is 0.497 e. The van der Waals surface area contributed by atoms with Crippen LogP contribution in [0, 0.1) is 0 Å². The second kappa shape index (κ2) is 12.9. The summed E-state index contributed by atoms with van der Waals surface area (Å²) in [6.45, 7) is 7.14. The minimum atomic E-state index is -1.25. The molecule has 0 aromatic heterocycles. The van der Waals surface area contributed by atoms with Crippen molar-refractivity contribution in [1.29, 1.82) is 0 Å². The van der Waals surface area contributed by atoms with Crippen molar-refractivity contribution in [3.05, 3.63) is 72.3 Å². The molecule has 35 heavy (non-hydrogen) atoms. The number of aliphatic imine (C=N–C) groups is 1. The average molecular weight is 482 g/mol. The van der Waals surface area contributed by atoms with E-state index in [0.717, 1.165) is 24.0 Å². The maximum atomic E-state index is 13.6. The lowest BCUT2D eigenvalue weighted by atomic mass is 9.84. The van der Waals surface area contributed by atoms with Gasteiger partial charge >= 0.3 is 0 Å². The number of amides is 1. The van der Waals surface area contributed by atoms with Crippen LogP contribution in [0.2, 0.25) is 0 Å². The number of aliphatic hydroxyl groups excluding tert-OH is 1. The molecule has 8 nitrogen and oxygen atoms in total. The molecule has 0 saturated heterocycles. The smallest absolute Gasteiger partial charge is 0.266 e. The maximum absolute atomic E-state index is 13.6. The van der Waals surface area contributed by atoms with E-state index < -0.39 is 11.6 Å². The van der Waals surface area contributed by atoms with Gasteiger partial charge < -0.3 is 19.3 Å². The number of carbonyl (C=O) groups excluding carboxylic acids is 1. The van der Waals surface area contributed by atoms with Crippen molar-refractivity contribution in [3.63, 3.8) is 0 Å². The molecule has 1 aliphatic heterocycles. The molecule has 0 fully saturated rings. The van der Waals surface area contributed by atoms with Gasteiger partial charge in [-0.1, -0.05) is 31.6 Å². The molecular formula is C27H35N3O5. The van der Waals surface area contributed by atoms with Crippen LogP contribution in [-0.4, -0.2) is 49.3 Å². The molecule has 0 aliphatic carbocycles. The second-order valence-corrected chi connectivity index (χ2v) is 8.29. The summed E-state index contributed by atoms with van der Waals surface area (Å²) in [6, 6.07) is 14.8. The highest BCUT2D eigenvalue weighted by Gasteiger charge is 2.52. The molecule has 0 unspecified atom stereocenters. The van der Waals surface area contributed by atoms with Gasteiger partial charge in [0.1, 0.15) is 11.5 Å². The molecule has 2 aromatic rings. The molecule has 3 rings (SSSR count). The fourth-order valence-electron chi connectivity index (χ4n) is 3.86. The molecule has 0 saturated carbocycles.